The smallest absolute Gasteiger partial charge is 0.220 e. The van der Waals surface area contributed by atoms with Crippen molar-refractivity contribution in [3.05, 3.63) is 35.9 Å². The molecule has 3 N–H and O–H groups in total. The van der Waals surface area contributed by atoms with Gasteiger partial charge in [-0.25, -0.2) is 0 Å². The van der Waals surface area contributed by atoms with Crippen LogP contribution in [-0.4, -0.2) is 37.0 Å². The van der Waals surface area contributed by atoms with Crippen molar-refractivity contribution in [1.29, 1.82) is 0 Å². The van der Waals surface area contributed by atoms with Crippen LogP contribution in [0, 0.1) is 0 Å². The van der Waals surface area contributed by atoms with Crippen LogP contribution in [0.4, 0.5) is 0 Å². The Morgan fingerprint density at radius 2 is 1.95 bits per heavy atom. The molecule has 0 spiro atoms. The van der Waals surface area contributed by atoms with Gasteiger partial charge in [0.25, 0.3) is 0 Å². The third-order valence-corrected chi connectivity index (χ3v) is 3.65. The van der Waals surface area contributed by atoms with Gasteiger partial charge in [-0.15, -0.1) is 0 Å². The Labute approximate surface area is 128 Å². The summed E-state index contributed by atoms with van der Waals surface area (Å²) < 4.78 is 0. The number of carbonyl (C=O) groups is 1. The minimum absolute atomic E-state index is 0.0656. The zero-order chi connectivity index (χ0) is 15.5. The van der Waals surface area contributed by atoms with Crippen LogP contribution in [-0.2, 0) is 4.79 Å². The maximum absolute atomic E-state index is 11.8. The molecule has 0 radical (unpaired) electrons. The standard InChI is InChI=1S/C17H29N3O/c1-3-13-20(4-2)14-12-19-17(21)11-10-16(18)15-8-6-5-7-9-15/h5-9,16H,3-4,10-14,18H2,1-2H3,(H,19,21). The molecule has 4 heteroatoms. The van der Waals surface area contributed by atoms with Gasteiger partial charge in [0.1, 0.15) is 0 Å². The Balaban J connectivity index is 2.19. The van der Waals surface area contributed by atoms with E-state index in [0.29, 0.717) is 19.4 Å². The Hall–Kier alpha value is -1.39. The first kappa shape index (κ1) is 17.7. The number of nitrogens with two attached hydrogens (primary N) is 1. The number of rotatable bonds is 10. The summed E-state index contributed by atoms with van der Waals surface area (Å²) in [6.07, 6.45) is 2.31. The van der Waals surface area contributed by atoms with Gasteiger partial charge in [-0.05, 0) is 31.5 Å². The number of nitrogens with zero attached hydrogens (tertiary/aromatic N) is 1. The van der Waals surface area contributed by atoms with Gasteiger partial charge in [-0.3, -0.25) is 4.79 Å². The molecule has 0 aromatic heterocycles. The highest BCUT2D eigenvalue weighted by atomic mass is 16.1. The van der Waals surface area contributed by atoms with E-state index < -0.39 is 0 Å². The lowest BCUT2D eigenvalue weighted by molar-refractivity contribution is -0.121. The maximum Gasteiger partial charge on any atom is 0.220 e. The van der Waals surface area contributed by atoms with Crippen LogP contribution in [0.25, 0.3) is 0 Å². The Kier molecular flexibility index (Phi) is 8.71. The molecule has 0 bridgehead atoms. The number of amides is 1. The summed E-state index contributed by atoms with van der Waals surface area (Å²) in [4.78, 5) is 14.2. The predicted molar refractivity (Wildman–Crippen MR) is 88.0 cm³/mol. The fourth-order valence-corrected chi connectivity index (χ4v) is 2.34. The number of benzene rings is 1. The van der Waals surface area contributed by atoms with E-state index in [9.17, 15) is 4.79 Å². The van der Waals surface area contributed by atoms with Crippen LogP contribution in [0.3, 0.4) is 0 Å². The van der Waals surface area contributed by atoms with Crippen molar-refractivity contribution in [2.24, 2.45) is 5.73 Å². The van der Waals surface area contributed by atoms with Gasteiger partial charge < -0.3 is 16.0 Å². The molecule has 1 aromatic rings. The largest absolute Gasteiger partial charge is 0.355 e. The highest BCUT2D eigenvalue weighted by molar-refractivity contribution is 5.75. The van der Waals surface area contributed by atoms with E-state index in [1.165, 1.54) is 0 Å². The molecule has 118 valence electrons. The van der Waals surface area contributed by atoms with Crippen molar-refractivity contribution in [2.75, 3.05) is 26.2 Å². The van der Waals surface area contributed by atoms with E-state index in [2.05, 4.69) is 24.1 Å². The average Bonchev–Trinajstić information content (AvgIpc) is 2.52. The summed E-state index contributed by atoms with van der Waals surface area (Å²) in [5.41, 5.74) is 7.18. The predicted octanol–water partition coefficient (Wildman–Crippen LogP) is 2.31. The second kappa shape index (κ2) is 10.4. The Morgan fingerprint density at radius 1 is 1.24 bits per heavy atom. The summed E-state index contributed by atoms with van der Waals surface area (Å²) in [6.45, 7) is 8.07. The lowest BCUT2D eigenvalue weighted by Gasteiger charge is -2.19. The van der Waals surface area contributed by atoms with Crippen LogP contribution < -0.4 is 11.1 Å². The van der Waals surface area contributed by atoms with E-state index in [-0.39, 0.29) is 11.9 Å². The molecule has 0 aliphatic carbocycles. The minimum Gasteiger partial charge on any atom is -0.355 e. The van der Waals surface area contributed by atoms with Gasteiger partial charge in [0.2, 0.25) is 5.91 Å². The van der Waals surface area contributed by atoms with Crippen molar-refractivity contribution >= 4 is 5.91 Å². The summed E-state index contributed by atoms with van der Waals surface area (Å²) in [7, 11) is 0. The fourth-order valence-electron chi connectivity index (χ4n) is 2.34. The maximum atomic E-state index is 11.8. The van der Waals surface area contributed by atoms with Gasteiger partial charge in [0.15, 0.2) is 0 Å². The number of hydrogen-bond acceptors (Lipinski definition) is 3. The number of nitrogens with one attached hydrogen (secondary N) is 1. The fraction of sp³-hybridized carbons (Fsp3) is 0.588. The van der Waals surface area contributed by atoms with Gasteiger partial charge in [-0.2, -0.15) is 0 Å². The molecule has 4 nitrogen and oxygen atoms in total. The molecule has 0 aliphatic heterocycles. The van der Waals surface area contributed by atoms with Crippen LogP contribution in [0.15, 0.2) is 30.3 Å². The highest BCUT2D eigenvalue weighted by Crippen LogP contribution is 2.14. The van der Waals surface area contributed by atoms with E-state index in [0.717, 1.165) is 31.6 Å². The van der Waals surface area contributed by atoms with Crippen LogP contribution >= 0.6 is 0 Å². The molecule has 1 rings (SSSR count). The van der Waals surface area contributed by atoms with Crippen molar-refractivity contribution in [2.45, 2.75) is 39.2 Å². The zero-order valence-corrected chi connectivity index (χ0v) is 13.3. The van der Waals surface area contributed by atoms with Crippen molar-refractivity contribution in [3.8, 4) is 0 Å². The molecule has 21 heavy (non-hydrogen) atoms. The summed E-state index contributed by atoms with van der Waals surface area (Å²) in [5, 5.41) is 2.98. The molecule has 1 aromatic carbocycles. The molecule has 1 amide bonds. The summed E-state index contributed by atoms with van der Waals surface area (Å²) in [5.74, 6) is 0.0916. The summed E-state index contributed by atoms with van der Waals surface area (Å²) >= 11 is 0. The van der Waals surface area contributed by atoms with E-state index in [1.54, 1.807) is 0 Å². The second-order valence-electron chi connectivity index (χ2n) is 5.34. The Bertz CT molecular complexity index is 394. The normalized spacial score (nSPS) is 12.4. The number of carbonyl (C=O) groups excluding carboxylic acids is 1. The van der Waals surface area contributed by atoms with Crippen LogP contribution in [0.1, 0.15) is 44.7 Å². The topological polar surface area (TPSA) is 58.4 Å². The Morgan fingerprint density at radius 3 is 2.57 bits per heavy atom. The minimum atomic E-state index is -0.0656. The molecule has 0 saturated carbocycles. The molecule has 0 fully saturated rings. The molecular formula is C17H29N3O. The monoisotopic (exact) mass is 291 g/mol. The van der Waals surface area contributed by atoms with Gasteiger partial charge >= 0.3 is 0 Å². The SMILES string of the molecule is CCCN(CC)CCNC(=O)CCC(N)c1ccccc1. The lowest BCUT2D eigenvalue weighted by atomic mass is 10.0. The second-order valence-corrected chi connectivity index (χ2v) is 5.34. The summed E-state index contributed by atoms with van der Waals surface area (Å²) in [6, 6.07) is 9.87. The molecule has 0 saturated heterocycles. The van der Waals surface area contributed by atoms with Gasteiger partial charge in [0.05, 0.1) is 0 Å². The molecule has 0 heterocycles. The zero-order valence-electron chi connectivity index (χ0n) is 13.3. The molecule has 1 atom stereocenters. The first-order chi connectivity index (χ1) is 10.2. The van der Waals surface area contributed by atoms with Crippen LogP contribution in [0.2, 0.25) is 0 Å². The van der Waals surface area contributed by atoms with E-state index in [1.807, 2.05) is 30.3 Å². The van der Waals surface area contributed by atoms with Crippen molar-refractivity contribution in [1.82, 2.24) is 10.2 Å². The molecule has 1 unspecified atom stereocenters. The van der Waals surface area contributed by atoms with Crippen molar-refractivity contribution < 1.29 is 4.79 Å². The lowest BCUT2D eigenvalue weighted by Crippen LogP contribution is -2.35. The quantitative estimate of drug-likeness (QED) is 0.695. The average molecular weight is 291 g/mol. The molecular weight excluding hydrogens is 262 g/mol. The first-order valence-electron chi connectivity index (χ1n) is 7.97. The van der Waals surface area contributed by atoms with Crippen LogP contribution in [0.5, 0.6) is 0 Å². The van der Waals surface area contributed by atoms with Gasteiger partial charge in [0, 0.05) is 25.6 Å². The third kappa shape index (κ3) is 7.25. The highest BCUT2D eigenvalue weighted by Gasteiger charge is 2.09. The van der Waals surface area contributed by atoms with E-state index in [4.69, 9.17) is 5.73 Å². The van der Waals surface area contributed by atoms with Gasteiger partial charge in [-0.1, -0.05) is 44.2 Å². The third-order valence-electron chi connectivity index (χ3n) is 3.65. The van der Waals surface area contributed by atoms with E-state index >= 15 is 0 Å². The number of likely N-dealkylation sites (N-methyl/N-ethyl adjacent to an activating group) is 1. The molecule has 0 aliphatic rings. The number of hydrogen-bond donors (Lipinski definition) is 2. The first-order valence-corrected chi connectivity index (χ1v) is 7.97. The van der Waals surface area contributed by atoms with Crippen molar-refractivity contribution in [3.63, 3.8) is 0 Å².